The second-order valence-corrected chi connectivity index (χ2v) is 7.35. The van der Waals surface area contributed by atoms with Crippen molar-refractivity contribution >= 4 is 23.2 Å². The minimum Gasteiger partial charge on any atom is -0.372 e. The molecule has 1 atom stereocenters. The molecule has 1 heterocycles. The smallest absolute Gasteiger partial charge is 0.268 e. The Kier molecular flexibility index (Phi) is 4.68. The number of anilines is 2. The van der Waals surface area contributed by atoms with Crippen LogP contribution in [0.25, 0.3) is 0 Å². The highest BCUT2D eigenvalue weighted by atomic mass is 16.3. The van der Waals surface area contributed by atoms with E-state index in [1.54, 1.807) is 48.5 Å². The molecule has 2 N–H and O–H groups in total. The van der Waals surface area contributed by atoms with E-state index in [2.05, 4.69) is 5.32 Å². The van der Waals surface area contributed by atoms with Crippen LogP contribution in [0.15, 0.2) is 72.8 Å². The van der Waals surface area contributed by atoms with Crippen molar-refractivity contribution in [1.82, 2.24) is 0 Å². The van der Waals surface area contributed by atoms with E-state index in [0.717, 1.165) is 11.1 Å². The highest BCUT2D eigenvalue weighted by Crippen LogP contribution is 2.44. The zero-order valence-electron chi connectivity index (χ0n) is 16.3. The molecule has 0 spiro atoms. The summed E-state index contributed by atoms with van der Waals surface area (Å²) < 4.78 is 0. The summed E-state index contributed by atoms with van der Waals surface area (Å²) in [5.74, 6) is -0.847. The van der Waals surface area contributed by atoms with Gasteiger partial charge in [-0.15, -0.1) is 0 Å². The van der Waals surface area contributed by atoms with Gasteiger partial charge in [0.2, 0.25) is 5.91 Å². The van der Waals surface area contributed by atoms with Gasteiger partial charge in [-0.2, -0.15) is 0 Å². The molecule has 1 aliphatic heterocycles. The topological polar surface area (TPSA) is 69.6 Å². The molecule has 3 aromatic rings. The van der Waals surface area contributed by atoms with Crippen molar-refractivity contribution in [1.29, 1.82) is 0 Å². The summed E-state index contributed by atoms with van der Waals surface area (Å²) in [6, 6.07) is 21.7. The molecule has 2 amide bonds. The number of fused-ring (bicyclic) bond motifs is 1. The second-order valence-electron chi connectivity index (χ2n) is 7.35. The Labute approximate surface area is 169 Å². The number of aryl methyl sites for hydroxylation is 2. The zero-order chi connectivity index (χ0) is 20.6. The van der Waals surface area contributed by atoms with Gasteiger partial charge in [-0.25, -0.2) is 0 Å². The van der Waals surface area contributed by atoms with Gasteiger partial charge in [-0.1, -0.05) is 60.7 Å². The maximum atomic E-state index is 13.3. The first-order valence-corrected chi connectivity index (χ1v) is 9.47. The summed E-state index contributed by atoms with van der Waals surface area (Å²) in [4.78, 5) is 27.4. The highest BCUT2D eigenvalue weighted by Gasteiger charge is 2.51. The molecule has 0 aromatic heterocycles. The molecule has 29 heavy (non-hydrogen) atoms. The van der Waals surface area contributed by atoms with E-state index >= 15 is 0 Å². The Morgan fingerprint density at radius 2 is 1.69 bits per heavy atom. The summed E-state index contributed by atoms with van der Waals surface area (Å²) in [6.45, 7) is 3.69. The van der Waals surface area contributed by atoms with Crippen molar-refractivity contribution in [3.8, 4) is 0 Å². The largest absolute Gasteiger partial charge is 0.372 e. The highest BCUT2D eigenvalue weighted by molar-refractivity contribution is 6.12. The Balaban J connectivity index is 1.66. The third-order valence-electron chi connectivity index (χ3n) is 5.30. The van der Waals surface area contributed by atoms with Crippen LogP contribution in [-0.4, -0.2) is 23.5 Å². The molecule has 0 saturated carbocycles. The maximum Gasteiger partial charge on any atom is 0.268 e. The Hall–Kier alpha value is -3.44. The average Bonchev–Trinajstić information content (AvgIpc) is 2.94. The van der Waals surface area contributed by atoms with Crippen LogP contribution < -0.4 is 10.2 Å². The first kappa shape index (κ1) is 18.9. The molecule has 0 saturated heterocycles. The minimum atomic E-state index is -1.81. The lowest BCUT2D eigenvalue weighted by molar-refractivity contribution is -0.133. The van der Waals surface area contributed by atoms with Gasteiger partial charge >= 0.3 is 0 Å². The molecular weight excluding hydrogens is 364 g/mol. The zero-order valence-corrected chi connectivity index (χ0v) is 16.3. The Morgan fingerprint density at radius 1 is 1.00 bits per heavy atom. The SMILES string of the molecule is Cc1ccc(C)c(NC(=O)CN2C(=O)[C@](O)(c3ccccc3)c3ccccc32)c1. The van der Waals surface area contributed by atoms with E-state index in [-0.39, 0.29) is 12.5 Å². The van der Waals surface area contributed by atoms with Gasteiger partial charge in [-0.05, 0) is 42.7 Å². The maximum absolute atomic E-state index is 13.3. The molecule has 4 rings (SSSR count). The standard InChI is InChI=1S/C24H22N2O3/c1-16-12-13-17(2)20(14-16)25-22(27)15-26-21-11-7-6-10-19(21)24(29,23(26)28)18-8-4-3-5-9-18/h3-14,29H,15H2,1-2H3,(H,25,27)/t24-/m0/s1. The van der Waals surface area contributed by atoms with Crippen LogP contribution in [0.1, 0.15) is 22.3 Å². The number of nitrogens with zero attached hydrogens (tertiary/aromatic N) is 1. The van der Waals surface area contributed by atoms with Crippen LogP contribution in [0, 0.1) is 13.8 Å². The van der Waals surface area contributed by atoms with Crippen molar-refractivity contribution in [3.63, 3.8) is 0 Å². The van der Waals surface area contributed by atoms with E-state index in [0.29, 0.717) is 22.5 Å². The van der Waals surface area contributed by atoms with Gasteiger partial charge in [0.15, 0.2) is 5.60 Å². The lowest BCUT2D eigenvalue weighted by Gasteiger charge is -2.23. The summed E-state index contributed by atoms with van der Waals surface area (Å²) >= 11 is 0. The van der Waals surface area contributed by atoms with Crippen LogP contribution >= 0.6 is 0 Å². The van der Waals surface area contributed by atoms with Crippen molar-refractivity contribution in [2.45, 2.75) is 19.4 Å². The number of rotatable bonds is 4. The Morgan fingerprint density at radius 3 is 2.45 bits per heavy atom. The molecule has 0 bridgehead atoms. The molecule has 146 valence electrons. The predicted molar refractivity (Wildman–Crippen MR) is 113 cm³/mol. The molecular formula is C24H22N2O3. The third kappa shape index (κ3) is 3.19. The lowest BCUT2D eigenvalue weighted by Crippen LogP contribution is -2.44. The van der Waals surface area contributed by atoms with Crippen LogP contribution in [0.3, 0.4) is 0 Å². The summed E-state index contributed by atoms with van der Waals surface area (Å²) in [5.41, 5.74) is 2.39. The van der Waals surface area contributed by atoms with E-state index in [1.807, 2.05) is 38.1 Å². The van der Waals surface area contributed by atoms with Gasteiger partial charge in [0.05, 0.1) is 5.69 Å². The number of aliphatic hydroxyl groups is 1. The van der Waals surface area contributed by atoms with Crippen molar-refractivity contribution < 1.29 is 14.7 Å². The minimum absolute atomic E-state index is 0.182. The van der Waals surface area contributed by atoms with Crippen molar-refractivity contribution in [3.05, 3.63) is 95.1 Å². The number of amides is 2. The number of nitrogens with one attached hydrogen (secondary N) is 1. The number of hydrogen-bond acceptors (Lipinski definition) is 3. The molecule has 0 aliphatic carbocycles. The van der Waals surface area contributed by atoms with Gasteiger partial charge in [0.25, 0.3) is 5.91 Å². The van der Waals surface area contributed by atoms with Crippen molar-refractivity contribution in [2.24, 2.45) is 0 Å². The number of para-hydroxylation sites is 1. The van der Waals surface area contributed by atoms with Crippen LogP contribution in [-0.2, 0) is 15.2 Å². The van der Waals surface area contributed by atoms with E-state index in [1.165, 1.54) is 4.90 Å². The first-order chi connectivity index (χ1) is 13.9. The number of benzene rings is 3. The fraction of sp³-hybridized carbons (Fsp3) is 0.167. The van der Waals surface area contributed by atoms with E-state index in [9.17, 15) is 14.7 Å². The number of carbonyl (C=O) groups excluding carboxylic acids is 2. The van der Waals surface area contributed by atoms with E-state index in [4.69, 9.17) is 0 Å². The summed E-state index contributed by atoms with van der Waals surface area (Å²) in [7, 11) is 0. The first-order valence-electron chi connectivity index (χ1n) is 9.47. The van der Waals surface area contributed by atoms with Gasteiger partial charge in [0.1, 0.15) is 6.54 Å². The normalized spacial score (nSPS) is 17.9. The van der Waals surface area contributed by atoms with Crippen LogP contribution in [0.4, 0.5) is 11.4 Å². The van der Waals surface area contributed by atoms with E-state index < -0.39 is 11.5 Å². The lowest BCUT2D eigenvalue weighted by atomic mass is 9.88. The van der Waals surface area contributed by atoms with Gasteiger partial charge in [0, 0.05) is 11.3 Å². The van der Waals surface area contributed by atoms with Gasteiger partial charge in [-0.3, -0.25) is 14.5 Å². The Bertz CT molecular complexity index is 1090. The molecule has 5 nitrogen and oxygen atoms in total. The fourth-order valence-corrected chi connectivity index (χ4v) is 3.75. The average molecular weight is 386 g/mol. The second kappa shape index (κ2) is 7.18. The van der Waals surface area contributed by atoms with Crippen molar-refractivity contribution in [2.75, 3.05) is 16.8 Å². The summed E-state index contributed by atoms with van der Waals surface area (Å²) in [6.07, 6.45) is 0. The molecule has 1 aliphatic rings. The molecule has 0 radical (unpaired) electrons. The van der Waals surface area contributed by atoms with Crippen LogP contribution in [0.2, 0.25) is 0 Å². The third-order valence-corrected chi connectivity index (χ3v) is 5.30. The molecule has 5 heteroatoms. The number of carbonyl (C=O) groups is 2. The molecule has 0 unspecified atom stereocenters. The van der Waals surface area contributed by atoms with Gasteiger partial charge < -0.3 is 10.4 Å². The quantitative estimate of drug-likeness (QED) is 0.721. The monoisotopic (exact) mass is 386 g/mol. The number of hydrogen-bond donors (Lipinski definition) is 2. The van der Waals surface area contributed by atoms with Crippen LogP contribution in [0.5, 0.6) is 0 Å². The summed E-state index contributed by atoms with van der Waals surface area (Å²) in [5, 5.41) is 14.3. The molecule has 3 aromatic carbocycles. The molecule has 0 fully saturated rings. The fourth-order valence-electron chi connectivity index (χ4n) is 3.75. The predicted octanol–water partition coefficient (Wildman–Crippen LogP) is 3.52.